The van der Waals surface area contributed by atoms with E-state index in [4.69, 9.17) is 0 Å². The van der Waals surface area contributed by atoms with Gasteiger partial charge in [0.05, 0.1) is 4.92 Å². The molecule has 0 radical (unpaired) electrons. The maximum Gasteiger partial charge on any atom is 0.293 e. The molecule has 1 aliphatic rings. The predicted molar refractivity (Wildman–Crippen MR) is 82.0 cm³/mol. The summed E-state index contributed by atoms with van der Waals surface area (Å²) in [5.41, 5.74) is 0.997. The minimum atomic E-state index is -0.400. The molecule has 2 rings (SSSR count). The summed E-state index contributed by atoms with van der Waals surface area (Å²) in [5, 5.41) is 11.4. The van der Waals surface area contributed by atoms with Crippen LogP contribution in [0.3, 0.4) is 0 Å². The molecule has 0 aromatic heterocycles. The minimum Gasteiger partial charge on any atom is -0.362 e. The maximum atomic E-state index is 11.4. The van der Waals surface area contributed by atoms with Gasteiger partial charge in [0.15, 0.2) is 5.78 Å². The topological polar surface area (TPSA) is 66.7 Å². The smallest absolute Gasteiger partial charge is 0.293 e. The van der Waals surface area contributed by atoms with Crippen molar-refractivity contribution in [1.29, 1.82) is 0 Å². The zero-order chi connectivity index (χ0) is 15.6. The maximum absolute atomic E-state index is 11.4. The van der Waals surface area contributed by atoms with Crippen LogP contribution in [0.25, 0.3) is 0 Å². The lowest BCUT2D eigenvalue weighted by molar-refractivity contribution is -0.384. The van der Waals surface area contributed by atoms with E-state index in [2.05, 4.69) is 23.8 Å². The van der Waals surface area contributed by atoms with E-state index in [9.17, 15) is 14.9 Å². The van der Waals surface area contributed by atoms with E-state index in [1.165, 1.54) is 13.0 Å². The standard InChI is InChI=1S/C15H21N3O3/c1-11-10-16(3)7-4-8-17(11)14-6-5-13(12(2)19)9-15(14)18(20)21/h5-6,9,11H,4,7-8,10H2,1-3H3. The Morgan fingerprint density at radius 1 is 1.38 bits per heavy atom. The number of carbonyl (C=O) groups is 1. The third-order valence-electron chi connectivity index (χ3n) is 3.93. The minimum absolute atomic E-state index is 0.0131. The number of Topliss-reactive ketones (excluding diaryl/α,β-unsaturated/α-hetero) is 1. The van der Waals surface area contributed by atoms with Gasteiger partial charge in [-0.15, -0.1) is 0 Å². The largest absolute Gasteiger partial charge is 0.362 e. The number of hydrogen-bond acceptors (Lipinski definition) is 5. The molecule has 0 spiro atoms. The molecular formula is C15H21N3O3. The predicted octanol–water partition coefficient (Wildman–Crippen LogP) is 2.33. The Kier molecular flexibility index (Phi) is 4.57. The molecule has 1 unspecified atom stereocenters. The average Bonchev–Trinajstić information content (AvgIpc) is 2.58. The van der Waals surface area contributed by atoms with Crippen molar-refractivity contribution in [1.82, 2.24) is 4.90 Å². The lowest BCUT2D eigenvalue weighted by Gasteiger charge is -2.29. The van der Waals surface area contributed by atoms with Crippen molar-refractivity contribution in [3.63, 3.8) is 0 Å². The highest BCUT2D eigenvalue weighted by Gasteiger charge is 2.26. The van der Waals surface area contributed by atoms with Crippen molar-refractivity contribution < 1.29 is 9.72 Å². The summed E-state index contributed by atoms with van der Waals surface area (Å²) < 4.78 is 0. The highest BCUT2D eigenvalue weighted by Crippen LogP contribution is 2.31. The number of carbonyl (C=O) groups excluding carboxylic acids is 1. The highest BCUT2D eigenvalue weighted by molar-refractivity contribution is 5.95. The first-order valence-corrected chi connectivity index (χ1v) is 7.14. The third kappa shape index (κ3) is 3.39. The summed E-state index contributed by atoms with van der Waals surface area (Å²) in [6.07, 6.45) is 0.965. The number of nitro benzene ring substituents is 1. The number of ketones is 1. The number of likely N-dealkylation sites (N-methyl/N-ethyl adjacent to an activating group) is 1. The first-order valence-electron chi connectivity index (χ1n) is 7.14. The summed E-state index contributed by atoms with van der Waals surface area (Å²) in [5.74, 6) is -0.159. The van der Waals surface area contributed by atoms with Gasteiger partial charge < -0.3 is 9.80 Å². The summed E-state index contributed by atoms with van der Waals surface area (Å²) >= 11 is 0. The Balaban J connectivity index is 2.42. The fourth-order valence-electron chi connectivity index (χ4n) is 2.86. The van der Waals surface area contributed by atoms with E-state index in [0.29, 0.717) is 11.3 Å². The van der Waals surface area contributed by atoms with Crippen LogP contribution in [0.2, 0.25) is 0 Å². The van der Waals surface area contributed by atoms with Crippen molar-refractivity contribution >= 4 is 17.2 Å². The molecule has 21 heavy (non-hydrogen) atoms. The molecule has 114 valence electrons. The van der Waals surface area contributed by atoms with Gasteiger partial charge in [-0.3, -0.25) is 14.9 Å². The van der Waals surface area contributed by atoms with E-state index in [0.717, 1.165) is 26.1 Å². The molecule has 0 bridgehead atoms. The lowest BCUT2D eigenvalue weighted by atomic mass is 10.1. The molecule has 1 fully saturated rings. The molecule has 0 aliphatic carbocycles. The van der Waals surface area contributed by atoms with Crippen molar-refractivity contribution in [2.45, 2.75) is 26.3 Å². The van der Waals surface area contributed by atoms with Crippen molar-refractivity contribution in [3.05, 3.63) is 33.9 Å². The van der Waals surface area contributed by atoms with Crippen LogP contribution in [0.15, 0.2) is 18.2 Å². The number of benzene rings is 1. The monoisotopic (exact) mass is 291 g/mol. The first-order chi connectivity index (χ1) is 9.90. The Hall–Kier alpha value is -1.95. The molecule has 1 aromatic rings. The van der Waals surface area contributed by atoms with Crippen LogP contribution < -0.4 is 4.90 Å². The van der Waals surface area contributed by atoms with Crippen LogP contribution in [-0.2, 0) is 0 Å². The Morgan fingerprint density at radius 3 is 2.71 bits per heavy atom. The number of anilines is 1. The van der Waals surface area contributed by atoms with Gasteiger partial charge in [-0.2, -0.15) is 0 Å². The van der Waals surface area contributed by atoms with E-state index in [1.807, 2.05) is 0 Å². The molecule has 6 nitrogen and oxygen atoms in total. The van der Waals surface area contributed by atoms with E-state index in [-0.39, 0.29) is 17.5 Å². The fourth-order valence-corrected chi connectivity index (χ4v) is 2.86. The van der Waals surface area contributed by atoms with Crippen LogP contribution in [0.5, 0.6) is 0 Å². The third-order valence-corrected chi connectivity index (χ3v) is 3.93. The molecular weight excluding hydrogens is 270 g/mol. The van der Waals surface area contributed by atoms with Crippen molar-refractivity contribution in [3.8, 4) is 0 Å². The summed E-state index contributed by atoms with van der Waals surface area (Å²) in [6.45, 7) is 6.13. The normalized spacial score (nSPS) is 20.1. The Labute approximate surface area is 124 Å². The summed E-state index contributed by atoms with van der Waals surface area (Å²) in [7, 11) is 2.06. The second-order valence-corrected chi connectivity index (χ2v) is 5.68. The van der Waals surface area contributed by atoms with E-state index in [1.54, 1.807) is 12.1 Å². The van der Waals surface area contributed by atoms with E-state index < -0.39 is 4.92 Å². The van der Waals surface area contributed by atoms with Gasteiger partial charge in [0.2, 0.25) is 0 Å². The number of nitro groups is 1. The van der Waals surface area contributed by atoms with Gasteiger partial charge in [-0.25, -0.2) is 0 Å². The second-order valence-electron chi connectivity index (χ2n) is 5.68. The van der Waals surface area contributed by atoms with Gasteiger partial charge in [0, 0.05) is 30.8 Å². The zero-order valence-corrected chi connectivity index (χ0v) is 12.7. The molecule has 1 heterocycles. The molecule has 1 saturated heterocycles. The summed E-state index contributed by atoms with van der Waals surface area (Å²) in [6, 6.07) is 4.96. The van der Waals surface area contributed by atoms with Crippen LogP contribution >= 0.6 is 0 Å². The molecule has 0 amide bonds. The van der Waals surface area contributed by atoms with Crippen molar-refractivity contribution in [2.75, 3.05) is 31.6 Å². The Morgan fingerprint density at radius 2 is 2.10 bits per heavy atom. The molecule has 0 N–H and O–H groups in total. The van der Waals surface area contributed by atoms with Gasteiger partial charge >= 0.3 is 0 Å². The highest BCUT2D eigenvalue weighted by atomic mass is 16.6. The van der Waals surface area contributed by atoms with Gasteiger partial charge in [0.25, 0.3) is 5.69 Å². The van der Waals surface area contributed by atoms with E-state index >= 15 is 0 Å². The quantitative estimate of drug-likeness (QED) is 0.486. The molecule has 1 aromatic carbocycles. The first kappa shape index (κ1) is 15.4. The molecule has 1 atom stereocenters. The van der Waals surface area contributed by atoms with Gasteiger partial charge in [0.1, 0.15) is 5.69 Å². The van der Waals surface area contributed by atoms with Crippen LogP contribution in [0.1, 0.15) is 30.6 Å². The molecule has 0 saturated carbocycles. The zero-order valence-electron chi connectivity index (χ0n) is 12.7. The number of hydrogen-bond donors (Lipinski definition) is 0. The fraction of sp³-hybridized carbons (Fsp3) is 0.533. The SMILES string of the molecule is CC(=O)c1ccc(N2CCCN(C)CC2C)c([N+](=O)[O-])c1. The van der Waals surface area contributed by atoms with Crippen LogP contribution in [0.4, 0.5) is 11.4 Å². The number of rotatable bonds is 3. The van der Waals surface area contributed by atoms with Crippen molar-refractivity contribution in [2.24, 2.45) is 0 Å². The van der Waals surface area contributed by atoms with Crippen LogP contribution in [0, 0.1) is 10.1 Å². The number of nitrogens with zero attached hydrogens (tertiary/aromatic N) is 3. The molecule has 6 heteroatoms. The summed E-state index contributed by atoms with van der Waals surface area (Å²) in [4.78, 5) is 26.7. The molecule has 1 aliphatic heterocycles. The Bertz CT molecular complexity index is 559. The second kappa shape index (κ2) is 6.22. The average molecular weight is 291 g/mol. The van der Waals surface area contributed by atoms with Gasteiger partial charge in [-0.1, -0.05) is 0 Å². The van der Waals surface area contributed by atoms with Crippen LogP contribution in [-0.4, -0.2) is 48.3 Å². The van der Waals surface area contributed by atoms with Gasteiger partial charge in [-0.05, 0) is 46.0 Å². The lowest BCUT2D eigenvalue weighted by Crippen LogP contribution is -2.38.